The van der Waals surface area contributed by atoms with Gasteiger partial charge in [-0.25, -0.2) is 4.98 Å². The van der Waals surface area contributed by atoms with Gasteiger partial charge in [-0.1, -0.05) is 12.1 Å². The Morgan fingerprint density at radius 1 is 1.29 bits per heavy atom. The number of nitrogen functional groups attached to an aromatic ring is 1. The Bertz CT molecular complexity index is 976. The van der Waals surface area contributed by atoms with Crippen LogP contribution in [0.15, 0.2) is 36.4 Å². The summed E-state index contributed by atoms with van der Waals surface area (Å²) in [6.07, 6.45) is 1.93. The number of nitrogens with one attached hydrogen (secondary N) is 3. The number of benzene rings is 1. The molecule has 1 atom stereocenters. The van der Waals surface area contributed by atoms with E-state index in [4.69, 9.17) is 5.73 Å². The van der Waals surface area contributed by atoms with Crippen LogP contribution in [0, 0.1) is 6.92 Å². The number of fused-ring (bicyclic) bond motifs is 1. The Hall–Kier alpha value is -2.64. The average Bonchev–Trinajstić information content (AvgIpc) is 3.31. The third-order valence-corrected chi connectivity index (χ3v) is 6.14. The zero-order valence-electron chi connectivity index (χ0n) is 15.9. The molecule has 2 aromatic heterocycles. The number of hydrogen-bond acceptors (Lipinski definition) is 6. The third-order valence-electron chi connectivity index (χ3n) is 5.02. The molecule has 6 nitrogen and oxygen atoms in total. The standard InChI is InChI=1S/C21H25N5OS/c1-13-2-7-17-18(22)19(28-21(17)25-13)20(27)24-11-8-14-3-5-15(6-4-14)26-16-9-10-23-12-16/h2-7,16,23,26H,8-12,22H2,1H3,(H,24,27). The van der Waals surface area contributed by atoms with Crippen molar-refractivity contribution < 1.29 is 4.79 Å². The van der Waals surface area contributed by atoms with E-state index < -0.39 is 0 Å². The van der Waals surface area contributed by atoms with Crippen LogP contribution in [0.4, 0.5) is 11.4 Å². The topological polar surface area (TPSA) is 92.1 Å². The van der Waals surface area contributed by atoms with Gasteiger partial charge >= 0.3 is 0 Å². The first-order valence-electron chi connectivity index (χ1n) is 9.60. The lowest BCUT2D eigenvalue weighted by Crippen LogP contribution is -2.25. The van der Waals surface area contributed by atoms with Crippen molar-refractivity contribution in [1.29, 1.82) is 0 Å². The molecule has 1 amide bonds. The smallest absolute Gasteiger partial charge is 0.263 e. The second-order valence-electron chi connectivity index (χ2n) is 7.19. The SMILES string of the molecule is Cc1ccc2c(N)c(C(=O)NCCc3ccc(NC4CCNC4)cc3)sc2n1. The van der Waals surface area contributed by atoms with Gasteiger partial charge in [-0.3, -0.25) is 4.79 Å². The average molecular weight is 396 g/mol. The maximum Gasteiger partial charge on any atom is 0.263 e. The molecule has 1 unspecified atom stereocenters. The van der Waals surface area contributed by atoms with Crippen LogP contribution in [0.1, 0.15) is 27.3 Å². The molecule has 4 rings (SSSR count). The Morgan fingerprint density at radius 2 is 2.11 bits per heavy atom. The highest BCUT2D eigenvalue weighted by molar-refractivity contribution is 7.21. The van der Waals surface area contributed by atoms with Crippen LogP contribution in [0.3, 0.4) is 0 Å². The molecule has 0 bridgehead atoms. The lowest BCUT2D eigenvalue weighted by atomic mass is 10.1. The number of nitrogens with two attached hydrogens (primary N) is 1. The van der Waals surface area contributed by atoms with E-state index in [1.54, 1.807) is 0 Å². The van der Waals surface area contributed by atoms with Gasteiger partial charge in [0.2, 0.25) is 0 Å². The van der Waals surface area contributed by atoms with Gasteiger partial charge in [-0.05, 0) is 56.1 Å². The van der Waals surface area contributed by atoms with Crippen molar-refractivity contribution >= 4 is 38.8 Å². The normalized spacial score (nSPS) is 16.4. The molecule has 3 heterocycles. The number of thiophene rings is 1. The highest BCUT2D eigenvalue weighted by Gasteiger charge is 2.17. The molecule has 0 radical (unpaired) electrons. The first-order chi connectivity index (χ1) is 13.6. The van der Waals surface area contributed by atoms with E-state index in [9.17, 15) is 4.79 Å². The molecule has 1 aliphatic heterocycles. The van der Waals surface area contributed by atoms with Crippen LogP contribution < -0.4 is 21.7 Å². The Morgan fingerprint density at radius 3 is 2.86 bits per heavy atom. The number of nitrogens with zero attached hydrogens (tertiary/aromatic N) is 1. The first kappa shape index (κ1) is 18.7. The number of amides is 1. The van der Waals surface area contributed by atoms with E-state index in [1.165, 1.54) is 16.9 Å². The van der Waals surface area contributed by atoms with Crippen molar-refractivity contribution in [3.05, 3.63) is 52.5 Å². The highest BCUT2D eigenvalue weighted by Crippen LogP contribution is 2.32. The van der Waals surface area contributed by atoms with Gasteiger partial charge in [0.1, 0.15) is 9.71 Å². The molecular formula is C21H25N5OS. The minimum atomic E-state index is -0.134. The quantitative estimate of drug-likeness (QED) is 0.515. The van der Waals surface area contributed by atoms with E-state index >= 15 is 0 Å². The van der Waals surface area contributed by atoms with Crippen molar-refractivity contribution in [2.24, 2.45) is 0 Å². The second kappa shape index (κ2) is 8.16. The summed E-state index contributed by atoms with van der Waals surface area (Å²) in [5.74, 6) is -0.134. The van der Waals surface area contributed by atoms with Crippen LogP contribution in [0.5, 0.6) is 0 Å². The zero-order valence-corrected chi connectivity index (χ0v) is 16.7. The third kappa shape index (κ3) is 4.10. The fraction of sp³-hybridized carbons (Fsp3) is 0.333. The molecule has 0 aliphatic carbocycles. The highest BCUT2D eigenvalue weighted by atomic mass is 32.1. The van der Waals surface area contributed by atoms with Crippen LogP contribution >= 0.6 is 11.3 Å². The number of carbonyl (C=O) groups excluding carboxylic acids is 1. The molecule has 146 valence electrons. The summed E-state index contributed by atoms with van der Waals surface area (Å²) in [7, 11) is 0. The molecule has 28 heavy (non-hydrogen) atoms. The summed E-state index contributed by atoms with van der Waals surface area (Å²) in [5, 5.41) is 10.7. The van der Waals surface area contributed by atoms with Gasteiger partial charge in [0.05, 0.1) is 5.69 Å². The fourth-order valence-corrected chi connectivity index (χ4v) is 4.50. The number of anilines is 2. The second-order valence-corrected chi connectivity index (χ2v) is 8.19. The summed E-state index contributed by atoms with van der Waals surface area (Å²) in [6, 6.07) is 12.8. The van der Waals surface area contributed by atoms with Crippen molar-refractivity contribution in [2.45, 2.75) is 25.8 Å². The molecule has 1 aromatic carbocycles. The Labute approximate surface area is 168 Å². The van der Waals surface area contributed by atoms with Crippen molar-refractivity contribution in [2.75, 3.05) is 30.7 Å². The lowest BCUT2D eigenvalue weighted by molar-refractivity contribution is 0.0959. The molecule has 1 saturated heterocycles. The molecule has 7 heteroatoms. The summed E-state index contributed by atoms with van der Waals surface area (Å²) < 4.78 is 0. The predicted molar refractivity (Wildman–Crippen MR) is 116 cm³/mol. The van der Waals surface area contributed by atoms with Crippen LogP contribution in [0.25, 0.3) is 10.2 Å². The molecule has 0 spiro atoms. The van der Waals surface area contributed by atoms with E-state index in [0.717, 1.165) is 47.5 Å². The maximum atomic E-state index is 12.5. The minimum absolute atomic E-state index is 0.134. The molecule has 0 saturated carbocycles. The number of rotatable bonds is 6. The summed E-state index contributed by atoms with van der Waals surface area (Å²) >= 11 is 1.35. The number of aromatic nitrogens is 1. The van der Waals surface area contributed by atoms with E-state index in [-0.39, 0.29) is 5.91 Å². The Kier molecular flexibility index (Phi) is 5.45. The van der Waals surface area contributed by atoms with Gasteiger partial charge < -0.3 is 21.7 Å². The first-order valence-corrected chi connectivity index (χ1v) is 10.4. The van der Waals surface area contributed by atoms with Crippen LogP contribution in [-0.4, -0.2) is 36.6 Å². The lowest BCUT2D eigenvalue weighted by Gasteiger charge is -2.13. The molecular weight excluding hydrogens is 370 g/mol. The summed E-state index contributed by atoms with van der Waals surface area (Å²) in [6.45, 7) is 4.60. The minimum Gasteiger partial charge on any atom is -0.397 e. The number of hydrogen-bond donors (Lipinski definition) is 4. The fourth-order valence-electron chi connectivity index (χ4n) is 3.44. The molecule has 5 N–H and O–H groups in total. The molecule has 3 aromatic rings. The van der Waals surface area contributed by atoms with Gasteiger partial charge in [0.15, 0.2) is 0 Å². The number of aryl methyl sites for hydroxylation is 1. The van der Waals surface area contributed by atoms with Gasteiger partial charge in [-0.2, -0.15) is 0 Å². The van der Waals surface area contributed by atoms with Crippen molar-refractivity contribution in [3.63, 3.8) is 0 Å². The molecule has 1 aliphatic rings. The van der Waals surface area contributed by atoms with Gasteiger partial charge in [-0.15, -0.1) is 11.3 Å². The largest absolute Gasteiger partial charge is 0.397 e. The van der Waals surface area contributed by atoms with Crippen LogP contribution in [0.2, 0.25) is 0 Å². The monoisotopic (exact) mass is 395 g/mol. The number of carbonyl (C=O) groups is 1. The maximum absolute atomic E-state index is 12.5. The van der Waals surface area contributed by atoms with Gasteiger partial charge in [0.25, 0.3) is 5.91 Å². The van der Waals surface area contributed by atoms with Crippen molar-refractivity contribution in [3.8, 4) is 0 Å². The van der Waals surface area contributed by atoms with E-state index in [1.807, 2.05) is 19.1 Å². The van der Waals surface area contributed by atoms with E-state index in [0.29, 0.717) is 23.2 Å². The predicted octanol–water partition coefficient (Wildman–Crippen LogP) is 2.93. The Balaban J connectivity index is 1.32. The van der Waals surface area contributed by atoms with Gasteiger partial charge in [0, 0.05) is 35.9 Å². The van der Waals surface area contributed by atoms with E-state index in [2.05, 4.69) is 45.2 Å². The van der Waals surface area contributed by atoms with Crippen LogP contribution in [-0.2, 0) is 6.42 Å². The summed E-state index contributed by atoms with van der Waals surface area (Å²) in [4.78, 5) is 18.3. The zero-order chi connectivity index (χ0) is 19.5. The molecule has 1 fully saturated rings. The summed E-state index contributed by atoms with van der Waals surface area (Å²) in [5.41, 5.74) is 9.92. The number of pyridine rings is 1. The van der Waals surface area contributed by atoms with Crippen molar-refractivity contribution in [1.82, 2.24) is 15.6 Å².